The highest BCUT2D eigenvalue weighted by Crippen LogP contribution is 2.34. The maximum Gasteiger partial charge on any atom is 0.282 e. The lowest BCUT2D eigenvalue weighted by Crippen LogP contribution is -2.46. The number of quaternary nitrogens is 1. The van der Waals surface area contributed by atoms with Crippen molar-refractivity contribution in [1.82, 2.24) is 5.48 Å². The first kappa shape index (κ1) is 23.4. The molecule has 2 N–H and O–H groups in total. The van der Waals surface area contributed by atoms with Crippen LogP contribution in [0.15, 0.2) is 46.0 Å². The molecule has 2 fully saturated rings. The number of hydrogen-bond donors (Lipinski definition) is 2. The van der Waals surface area contributed by atoms with Crippen LogP contribution in [-0.4, -0.2) is 30.2 Å². The molecule has 1 unspecified atom stereocenters. The van der Waals surface area contributed by atoms with Crippen LogP contribution >= 0.6 is 15.9 Å². The number of amides is 1. The lowest BCUT2D eigenvalue weighted by atomic mass is 9.88. The zero-order chi connectivity index (χ0) is 22.7. The summed E-state index contributed by atoms with van der Waals surface area (Å²) in [6, 6.07) is 4.28. The van der Waals surface area contributed by atoms with Gasteiger partial charge in [0, 0.05) is 10.4 Å². The molecule has 1 aromatic carbocycles. The van der Waals surface area contributed by atoms with Crippen molar-refractivity contribution in [3.05, 3.63) is 57.0 Å². The van der Waals surface area contributed by atoms with Crippen LogP contribution in [0.3, 0.4) is 0 Å². The van der Waals surface area contributed by atoms with Crippen LogP contribution in [-0.2, 0) is 9.63 Å². The van der Waals surface area contributed by atoms with Crippen molar-refractivity contribution in [2.24, 2.45) is 11.8 Å². The molecule has 1 aliphatic heterocycles. The van der Waals surface area contributed by atoms with Gasteiger partial charge in [-0.15, -0.1) is 0 Å². The molecule has 2 saturated carbocycles. The number of hydroxylamine groups is 4. The number of carbonyl (C=O) groups is 1. The molecule has 32 heavy (non-hydrogen) atoms. The summed E-state index contributed by atoms with van der Waals surface area (Å²) < 4.78 is 29.2. The third-order valence-corrected chi connectivity index (χ3v) is 6.71. The fraction of sp³-hybridized carbons (Fsp3) is 0.522. The van der Waals surface area contributed by atoms with Crippen molar-refractivity contribution in [3.63, 3.8) is 0 Å². The molecule has 3 aliphatic rings. The number of anilines is 1. The highest BCUT2D eigenvalue weighted by Gasteiger charge is 2.35. The number of nitrogens with one attached hydrogen (secondary N) is 2. The summed E-state index contributed by atoms with van der Waals surface area (Å²) in [6.07, 6.45) is 8.47. The zero-order valence-electron chi connectivity index (χ0n) is 17.8. The summed E-state index contributed by atoms with van der Waals surface area (Å²) in [5.74, 6) is -1.49. The van der Waals surface area contributed by atoms with Crippen molar-refractivity contribution in [3.8, 4) is 0 Å². The van der Waals surface area contributed by atoms with Crippen molar-refractivity contribution in [2.75, 3.05) is 25.0 Å². The number of benzene rings is 1. The monoisotopic (exact) mass is 511 g/mol. The van der Waals surface area contributed by atoms with Gasteiger partial charge >= 0.3 is 0 Å². The molecule has 0 spiro atoms. The quantitative estimate of drug-likeness (QED) is 0.277. The Bertz CT molecular complexity index is 929. The molecule has 6 nitrogen and oxygen atoms in total. The van der Waals surface area contributed by atoms with E-state index in [1.807, 2.05) is 0 Å². The number of hydrogen-bond acceptors (Lipinski definition) is 4. The molecule has 2 aliphatic carbocycles. The van der Waals surface area contributed by atoms with Crippen molar-refractivity contribution in [1.29, 1.82) is 0 Å². The second kappa shape index (κ2) is 9.99. The molecule has 0 radical (unpaired) electrons. The van der Waals surface area contributed by atoms with E-state index >= 15 is 4.39 Å². The first-order valence-electron chi connectivity index (χ1n) is 11.2. The van der Waals surface area contributed by atoms with E-state index in [-0.39, 0.29) is 29.4 Å². The van der Waals surface area contributed by atoms with Crippen LogP contribution in [0.1, 0.15) is 44.9 Å². The van der Waals surface area contributed by atoms with Gasteiger partial charge in [0.1, 0.15) is 24.1 Å². The molecule has 1 heterocycles. The average molecular weight is 512 g/mol. The first-order valence-corrected chi connectivity index (χ1v) is 12.0. The van der Waals surface area contributed by atoms with Gasteiger partial charge in [-0.2, -0.15) is 0 Å². The minimum atomic E-state index is -0.949. The second-order valence-corrected chi connectivity index (χ2v) is 9.97. The van der Waals surface area contributed by atoms with Crippen LogP contribution in [0.2, 0.25) is 0 Å². The predicted octanol–water partition coefficient (Wildman–Crippen LogP) is 5.43. The highest BCUT2D eigenvalue weighted by atomic mass is 79.9. The third-order valence-electron chi connectivity index (χ3n) is 6.22. The maximum absolute atomic E-state index is 15.3. The molecule has 9 heteroatoms. The predicted molar refractivity (Wildman–Crippen MR) is 121 cm³/mol. The van der Waals surface area contributed by atoms with Crippen molar-refractivity contribution < 1.29 is 23.1 Å². The van der Waals surface area contributed by atoms with Gasteiger partial charge in [0.2, 0.25) is 0 Å². The smallest absolute Gasteiger partial charge is 0.282 e. The van der Waals surface area contributed by atoms with E-state index in [4.69, 9.17) is 4.84 Å². The SMILES string of the molecule is O=C(NOCC1CC1)C1=C[N+]([O-])(CC2CCCCC2)CC(F)=C1Nc1ccc(Br)cc1F. The Labute approximate surface area is 194 Å². The van der Waals surface area contributed by atoms with E-state index in [1.165, 1.54) is 18.3 Å². The van der Waals surface area contributed by atoms with Gasteiger partial charge in [0.15, 0.2) is 5.83 Å². The fourth-order valence-corrected chi connectivity index (χ4v) is 4.66. The van der Waals surface area contributed by atoms with Crippen LogP contribution in [0.25, 0.3) is 0 Å². The lowest BCUT2D eigenvalue weighted by Gasteiger charge is -2.44. The molecule has 0 aromatic heterocycles. The van der Waals surface area contributed by atoms with E-state index in [9.17, 15) is 14.4 Å². The molecule has 1 atom stereocenters. The van der Waals surface area contributed by atoms with E-state index < -0.39 is 28.7 Å². The van der Waals surface area contributed by atoms with Crippen molar-refractivity contribution >= 4 is 27.5 Å². The van der Waals surface area contributed by atoms with Crippen molar-refractivity contribution in [2.45, 2.75) is 44.9 Å². The summed E-state index contributed by atoms with van der Waals surface area (Å²) in [5, 5.41) is 16.2. The summed E-state index contributed by atoms with van der Waals surface area (Å²) in [4.78, 5) is 18.1. The standard InChI is InChI=1S/C23H28BrF2N3O3/c24-17-8-9-21(19(25)10-17)27-22-18(23(30)28-32-14-16-6-7-16)12-29(31,13-20(22)26)11-15-4-2-1-3-5-15/h8-10,12,15-16,27H,1-7,11,13-14H2,(H,28,30). The van der Waals surface area contributed by atoms with Gasteiger partial charge in [0.25, 0.3) is 5.91 Å². The van der Waals surface area contributed by atoms with Gasteiger partial charge in [-0.25, -0.2) is 14.3 Å². The molecular formula is C23H28BrF2N3O3. The van der Waals surface area contributed by atoms with E-state index in [2.05, 4.69) is 26.7 Å². The number of rotatable bonds is 8. The fourth-order valence-electron chi connectivity index (χ4n) is 4.33. The normalized spacial score (nSPS) is 24.3. The number of halogens is 3. The Morgan fingerprint density at radius 3 is 2.59 bits per heavy atom. The molecule has 0 saturated heterocycles. The van der Waals surface area contributed by atoms with E-state index in [1.54, 1.807) is 6.07 Å². The minimum Gasteiger partial charge on any atom is -0.627 e. The molecule has 4 rings (SSSR count). The van der Waals surface area contributed by atoms with Gasteiger partial charge in [-0.3, -0.25) is 9.63 Å². The second-order valence-electron chi connectivity index (χ2n) is 9.05. The van der Waals surface area contributed by atoms with Crippen LogP contribution in [0.4, 0.5) is 14.5 Å². The van der Waals surface area contributed by atoms with Crippen LogP contribution < -0.4 is 10.8 Å². The number of nitrogens with zero attached hydrogens (tertiary/aromatic N) is 1. The van der Waals surface area contributed by atoms with Gasteiger partial charge < -0.3 is 15.2 Å². The summed E-state index contributed by atoms with van der Waals surface area (Å²) in [5.41, 5.74) is 1.96. The maximum atomic E-state index is 15.3. The molecule has 1 aromatic rings. The largest absolute Gasteiger partial charge is 0.627 e. The van der Waals surface area contributed by atoms with Gasteiger partial charge in [0.05, 0.1) is 24.5 Å². The number of carbonyl (C=O) groups excluding carboxylic acids is 1. The van der Waals surface area contributed by atoms with Gasteiger partial charge in [-0.05, 0) is 49.8 Å². The van der Waals surface area contributed by atoms with Crippen LogP contribution in [0, 0.1) is 22.9 Å². The Kier molecular flexibility index (Phi) is 7.29. The Balaban J connectivity index is 1.57. The van der Waals surface area contributed by atoms with E-state index in [0.717, 1.165) is 44.9 Å². The lowest BCUT2D eigenvalue weighted by molar-refractivity contribution is -0.830. The average Bonchev–Trinajstić information content (AvgIpc) is 3.56. The first-order chi connectivity index (χ1) is 15.3. The summed E-state index contributed by atoms with van der Waals surface area (Å²) in [7, 11) is 0. The molecule has 0 bridgehead atoms. The zero-order valence-corrected chi connectivity index (χ0v) is 19.4. The van der Waals surface area contributed by atoms with Crippen LogP contribution in [0.5, 0.6) is 0 Å². The Morgan fingerprint density at radius 2 is 1.91 bits per heavy atom. The Hall–Kier alpha value is -1.81. The molecular weight excluding hydrogens is 484 g/mol. The Morgan fingerprint density at radius 1 is 1.16 bits per heavy atom. The molecule has 174 valence electrons. The third kappa shape index (κ3) is 5.95. The molecule has 1 amide bonds. The topological polar surface area (TPSA) is 73.4 Å². The van der Waals surface area contributed by atoms with E-state index in [0.29, 0.717) is 17.0 Å². The van der Waals surface area contributed by atoms with Gasteiger partial charge in [-0.1, -0.05) is 35.2 Å². The summed E-state index contributed by atoms with van der Waals surface area (Å²) in [6.45, 7) is 0.151. The summed E-state index contributed by atoms with van der Waals surface area (Å²) >= 11 is 3.19. The highest BCUT2D eigenvalue weighted by molar-refractivity contribution is 9.10. The minimum absolute atomic E-state index is 0.00845.